The Balaban J connectivity index is 2.34. The predicted octanol–water partition coefficient (Wildman–Crippen LogP) is 0.732. The molecule has 0 aliphatic heterocycles. The van der Waals surface area contributed by atoms with Crippen LogP contribution in [0.25, 0.3) is 17.2 Å². The molecule has 86 valence electrons. The highest BCUT2D eigenvalue weighted by atomic mass is 16.1. The van der Waals surface area contributed by atoms with Crippen molar-refractivity contribution < 1.29 is 0 Å². The summed E-state index contributed by atoms with van der Waals surface area (Å²) in [5.74, 6) is 1.10. The largest absolute Gasteiger partial charge is 0.331 e. The third kappa shape index (κ3) is 1.37. The summed E-state index contributed by atoms with van der Waals surface area (Å²) in [4.78, 5) is 18.8. The fraction of sp³-hybridized carbons (Fsp3) is 0.182. The fourth-order valence-electron chi connectivity index (χ4n) is 1.88. The zero-order chi connectivity index (χ0) is 12.0. The van der Waals surface area contributed by atoms with Crippen LogP contribution in [-0.2, 0) is 7.05 Å². The van der Waals surface area contributed by atoms with Crippen molar-refractivity contribution >= 4 is 5.52 Å². The number of aromatic amines is 1. The van der Waals surface area contributed by atoms with Gasteiger partial charge < -0.3 is 9.55 Å². The van der Waals surface area contributed by atoms with Crippen LogP contribution in [0.15, 0.2) is 29.5 Å². The summed E-state index contributed by atoms with van der Waals surface area (Å²) in [5.41, 5.74) is 1.33. The van der Waals surface area contributed by atoms with Gasteiger partial charge in [-0.25, -0.2) is 9.50 Å². The first-order chi connectivity index (χ1) is 8.16. The van der Waals surface area contributed by atoms with Gasteiger partial charge in [0.25, 0.3) is 5.56 Å². The van der Waals surface area contributed by atoms with Crippen LogP contribution < -0.4 is 5.56 Å². The Morgan fingerprint density at radius 1 is 1.35 bits per heavy atom. The van der Waals surface area contributed by atoms with Gasteiger partial charge in [-0.3, -0.25) is 4.79 Å². The summed E-state index contributed by atoms with van der Waals surface area (Å²) in [7, 11) is 1.85. The number of hydrogen-bond donors (Lipinski definition) is 1. The zero-order valence-corrected chi connectivity index (χ0v) is 9.51. The van der Waals surface area contributed by atoms with Gasteiger partial charge in [0.15, 0.2) is 11.6 Å². The van der Waals surface area contributed by atoms with Gasteiger partial charge in [0.05, 0.1) is 0 Å². The Morgan fingerprint density at radius 2 is 2.18 bits per heavy atom. The van der Waals surface area contributed by atoms with E-state index in [1.165, 1.54) is 0 Å². The van der Waals surface area contributed by atoms with Crippen LogP contribution in [0.1, 0.15) is 5.56 Å². The van der Waals surface area contributed by atoms with Crippen molar-refractivity contribution in [1.82, 2.24) is 24.1 Å². The average Bonchev–Trinajstić information content (AvgIpc) is 2.85. The second-order valence-electron chi connectivity index (χ2n) is 3.96. The molecule has 3 aromatic heterocycles. The average molecular weight is 229 g/mol. The second kappa shape index (κ2) is 3.31. The second-order valence-corrected chi connectivity index (χ2v) is 3.96. The quantitative estimate of drug-likeness (QED) is 0.669. The minimum absolute atomic E-state index is 0.152. The fourth-order valence-corrected chi connectivity index (χ4v) is 1.88. The van der Waals surface area contributed by atoms with Crippen LogP contribution >= 0.6 is 0 Å². The number of nitrogens with one attached hydrogen (secondary N) is 1. The van der Waals surface area contributed by atoms with Gasteiger partial charge in [0.2, 0.25) is 0 Å². The van der Waals surface area contributed by atoms with E-state index in [0.717, 1.165) is 5.56 Å². The van der Waals surface area contributed by atoms with Crippen LogP contribution in [0.4, 0.5) is 0 Å². The van der Waals surface area contributed by atoms with Crippen molar-refractivity contribution in [2.24, 2.45) is 7.05 Å². The topological polar surface area (TPSA) is 68.0 Å². The van der Waals surface area contributed by atoms with E-state index < -0.39 is 0 Å². The molecule has 6 heteroatoms. The number of H-pyrrole nitrogens is 1. The molecule has 0 bridgehead atoms. The lowest BCUT2D eigenvalue weighted by molar-refractivity contribution is 0.850. The minimum atomic E-state index is -0.152. The molecule has 3 rings (SSSR count). The van der Waals surface area contributed by atoms with Crippen molar-refractivity contribution in [2.45, 2.75) is 6.92 Å². The number of imidazole rings is 1. The number of rotatable bonds is 1. The highest BCUT2D eigenvalue weighted by molar-refractivity contribution is 5.54. The number of aryl methyl sites for hydroxylation is 2. The van der Waals surface area contributed by atoms with Gasteiger partial charge >= 0.3 is 0 Å². The molecule has 0 radical (unpaired) electrons. The Morgan fingerprint density at radius 3 is 2.88 bits per heavy atom. The molecule has 17 heavy (non-hydrogen) atoms. The molecule has 0 fully saturated rings. The molecular formula is C11H11N5O. The first-order valence-electron chi connectivity index (χ1n) is 5.23. The van der Waals surface area contributed by atoms with Crippen molar-refractivity contribution in [1.29, 1.82) is 0 Å². The molecule has 0 spiro atoms. The first kappa shape index (κ1) is 9.83. The van der Waals surface area contributed by atoms with Gasteiger partial charge in [-0.15, -0.1) is 5.10 Å². The molecule has 1 N–H and O–H groups in total. The van der Waals surface area contributed by atoms with E-state index in [1.54, 1.807) is 27.7 Å². The van der Waals surface area contributed by atoms with Crippen molar-refractivity contribution in [3.8, 4) is 11.6 Å². The lowest BCUT2D eigenvalue weighted by atomic mass is 10.3. The minimum Gasteiger partial charge on any atom is -0.331 e. The third-order valence-electron chi connectivity index (χ3n) is 2.76. The van der Waals surface area contributed by atoms with E-state index in [9.17, 15) is 4.79 Å². The molecule has 3 heterocycles. The smallest absolute Gasteiger partial charge is 0.275 e. The molecule has 0 saturated carbocycles. The number of nitrogens with zero attached hydrogens (tertiary/aromatic N) is 4. The predicted molar refractivity (Wildman–Crippen MR) is 62.8 cm³/mol. The summed E-state index contributed by atoms with van der Waals surface area (Å²) in [5, 5.41) is 4.34. The number of aromatic nitrogens is 5. The Labute approximate surface area is 96.5 Å². The summed E-state index contributed by atoms with van der Waals surface area (Å²) < 4.78 is 3.39. The normalized spacial score (nSPS) is 11.2. The lowest BCUT2D eigenvalue weighted by Gasteiger charge is -2.02. The van der Waals surface area contributed by atoms with Crippen LogP contribution in [0.3, 0.4) is 0 Å². The van der Waals surface area contributed by atoms with E-state index in [4.69, 9.17) is 0 Å². The van der Waals surface area contributed by atoms with E-state index in [-0.39, 0.29) is 5.56 Å². The maximum absolute atomic E-state index is 11.9. The SMILES string of the molecule is Cc1ccn2nc(-c3nccn3C)[nH]c(=O)c12. The van der Waals surface area contributed by atoms with Gasteiger partial charge in [0, 0.05) is 25.6 Å². The van der Waals surface area contributed by atoms with Crippen LogP contribution in [-0.4, -0.2) is 24.1 Å². The van der Waals surface area contributed by atoms with E-state index in [0.29, 0.717) is 17.2 Å². The molecule has 0 aliphatic rings. The van der Waals surface area contributed by atoms with Gasteiger partial charge in [-0.05, 0) is 18.6 Å². The summed E-state index contributed by atoms with van der Waals surface area (Å²) in [6.45, 7) is 1.88. The highest BCUT2D eigenvalue weighted by Gasteiger charge is 2.10. The number of fused-ring (bicyclic) bond motifs is 1. The summed E-state index contributed by atoms with van der Waals surface area (Å²) in [6.07, 6.45) is 5.24. The van der Waals surface area contributed by atoms with Crippen LogP contribution in [0.2, 0.25) is 0 Å². The molecule has 3 aromatic rings. The van der Waals surface area contributed by atoms with Crippen molar-refractivity contribution in [3.05, 3.63) is 40.6 Å². The van der Waals surface area contributed by atoms with Crippen LogP contribution in [0, 0.1) is 6.92 Å². The summed E-state index contributed by atoms with van der Waals surface area (Å²) in [6, 6.07) is 1.86. The maximum atomic E-state index is 11.9. The summed E-state index contributed by atoms with van der Waals surface area (Å²) >= 11 is 0. The lowest BCUT2D eigenvalue weighted by Crippen LogP contribution is -2.15. The standard InChI is InChI=1S/C11H11N5O/c1-7-3-5-16-8(7)11(17)13-9(14-16)10-12-4-6-15(10)2/h3-6H,1-2H3,(H,13,14,17). The van der Waals surface area contributed by atoms with Gasteiger partial charge in [-0.2, -0.15) is 0 Å². The van der Waals surface area contributed by atoms with Gasteiger partial charge in [0.1, 0.15) is 5.52 Å². The highest BCUT2D eigenvalue weighted by Crippen LogP contribution is 2.11. The maximum Gasteiger partial charge on any atom is 0.275 e. The van der Waals surface area contributed by atoms with E-state index in [1.807, 2.05) is 20.0 Å². The Bertz CT molecular complexity index is 749. The van der Waals surface area contributed by atoms with Crippen LogP contribution in [0.5, 0.6) is 0 Å². The molecular weight excluding hydrogens is 218 g/mol. The Kier molecular flexibility index (Phi) is 1.91. The molecule has 0 aliphatic carbocycles. The van der Waals surface area contributed by atoms with Crippen molar-refractivity contribution in [3.63, 3.8) is 0 Å². The van der Waals surface area contributed by atoms with E-state index in [2.05, 4.69) is 15.1 Å². The number of hydrogen-bond acceptors (Lipinski definition) is 3. The molecule has 0 aromatic carbocycles. The molecule has 0 atom stereocenters. The van der Waals surface area contributed by atoms with Crippen molar-refractivity contribution in [2.75, 3.05) is 0 Å². The monoisotopic (exact) mass is 229 g/mol. The van der Waals surface area contributed by atoms with E-state index >= 15 is 0 Å². The molecule has 0 unspecified atom stereocenters. The Hall–Kier alpha value is -2.37. The molecule has 6 nitrogen and oxygen atoms in total. The molecule has 0 saturated heterocycles. The zero-order valence-electron chi connectivity index (χ0n) is 9.51. The third-order valence-corrected chi connectivity index (χ3v) is 2.76. The molecule has 0 amide bonds. The first-order valence-corrected chi connectivity index (χ1v) is 5.23. The van der Waals surface area contributed by atoms with Gasteiger partial charge in [-0.1, -0.05) is 0 Å².